The van der Waals surface area contributed by atoms with Crippen LogP contribution < -0.4 is 5.32 Å². The number of nitro groups is 1. The number of aliphatic hydroxyl groups is 1. The molecule has 1 aliphatic heterocycles. The molecule has 21 heavy (non-hydrogen) atoms. The van der Waals surface area contributed by atoms with Gasteiger partial charge in [-0.3, -0.25) is 10.1 Å². The fraction of sp³-hybridized carbons (Fsp3) is 0.600. The van der Waals surface area contributed by atoms with E-state index in [9.17, 15) is 15.2 Å². The van der Waals surface area contributed by atoms with Gasteiger partial charge >= 0.3 is 0 Å². The summed E-state index contributed by atoms with van der Waals surface area (Å²) in [6.07, 6.45) is 1.82. The predicted molar refractivity (Wildman–Crippen MR) is 81.1 cm³/mol. The number of hydrogen-bond donors (Lipinski definition) is 2. The van der Waals surface area contributed by atoms with E-state index >= 15 is 0 Å². The van der Waals surface area contributed by atoms with Crippen molar-refractivity contribution in [1.82, 2.24) is 10.2 Å². The maximum absolute atomic E-state index is 10.6. The van der Waals surface area contributed by atoms with Crippen LogP contribution in [0.3, 0.4) is 0 Å². The van der Waals surface area contributed by atoms with Crippen LogP contribution in [0, 0.1) is 16.0 Å². The first kappa shape index (κ1) is 15.9. The summed E-state index contributed by atoms with van der Waals surface area (Å²) < 4.78 is 0. The Balaban J connectivity index is 1.76. The molecule has 6 heteroatoms. The molecule has 1 aromatic rings. The molecule has 0 radical (unpaired) electrons. The van der Waals surface area contributed by atoms with Crippen LogP contribution in [0.15, 0.2) is 24.3 Å². The van der Waals surface area contributed by atoms with E-state index in [1.807, 2.05) is 0 Å². The first-order valence-corrected chi connectivity index (χ1v) is 7.38. The third-order valence-corrected chi connectivity index (χ3v) is 3.98. The predicted octanol–water partition coefficient (Wildman–Crippen LogP) is 1.56. The minimum Gasteiger partial charge on any atom is -0.387 e. The molecule has 2 rings (SSSR count). The first-order chi connectivity index (χ1) is 10.1. The summed E-state index contributed by atoms with van der Waals surface area (Å²) in [6.45, 7) is 3.63. The minimum absolute atomic E-state index is 0.0455. The zero-order chi connectivity index (χ0) is 15.2. The topological polar surface area (TPSA) is 78.6 Å². The lowest BCUT2D eigenvalue weighted by Crippen LogP contribution is -2.38. The standard InChI is InChI=1S/C15H23N3O3/c1-17-8-2-3-12(11-17)9-16-10-15(19)13-4-6-14(7-5-13)18(20)21/h4-7,12,15-16,19H,2-3,8-11H2,1H3. The van der Waals surface area contributed by atoms with E-state index in [-0.39, 0.29) is 5.69 Å². The summed E-state index contributed by atoms with van der Waals surface area (Å²) in [5.41, 5.74) is 0.748. The van der Waals surface area contributed by atoms with Crippen LogP contribution in [0.1, 0.15) is 24.5 Å². The second kappa shape index (κ2) is 7.49. The molecule has 6 nitrogen and oxygen atoms in total. The molecule has 0 aliphatic carbocycles. The average Bonchev–Trinajstić information content (AvgIpc) is 2.47. The SMILES string of the molecule is CN1CCCC(CNCC(O)c2ccc([N+](=O)[O-])cc2)C1. The molecule has 116 valence electrons. The third kappa shape index (κ3) is 4.77. The Labute approximate surface area is 124 Å². The van der Waals surface area contributed by atoms with E-state index in [2.05, 4.69) is 17.3 Å². The number of aliphatic hydroxyl groups excluding tert-OH is 1. The lowest BCUT2D eigenvalue weighted by atomic mass is 9.98. The van der Waals surface area contributed by atoms with Crippen molar-refractivity contribution in [3.05, 3.63) is 39.9 Å². The van der Waals surface area contributed by atoms with Crippen molar-refractivity contribution in [3.63, 3.8) is 0 Å². The van der Waals surface area contributed by atoms with Crippen LogP contribution in [0.4, 0.5) is 5.69 Å². The molecule has 0 aromatic heterocycles. The van der Waals surface area contributed by atoms with Crippen molar-refractivity contribution in [2.24, 2.45) is 5.92 Å². The van der Waals surface area contributed by atoms with E-state index in [1.54, 1.807) is 12.1 Å². The Kier molecular flexibility index (Phi) is 5.67. The summed E-state index contributed by atoms with van der Waals surface area (Å²) in [5, 5.41) is 24.0. The lowest BCUT2D eigenvalue weighted by Gasteiger charge is -2.30. The summed E-state index contributed by atoms with van der Waals surface area (Å²) in [6, 6.07) is 6.07. The molecule has 1 fully saturated rings. The Morgan fingerprint density at radius 2 is 2.19 bits per heavy atom. The van der Waals surface area contributed by atoms with Gasteiger partial charge in [-0.15, -0.1) is 0 Å². The molecule has 2 N–H and O–H groups in total. The van der Waals surface area contributed by atoms with Gasteiger partial charge in [0.25, 0.3) is 5.69 Å². The Morgan fingerprint density at radius 1 is 1.48 bits per heavy atom. The highest BCUT2D eigenvalue weighted by molar-refractivity contribution is 5.33. The third-order valence-electron chi connectivity index (χ3n) is 3.98. The number of hydrogen-bond acceptors (Lipinski definition) is 5. The molecular formula is C15H23N3O3. The van der Waals surface area contributed by atoms with Gasteiger partial charge in [-0.25, -0.2) is 0 Å². The van der Waals surface area contributed by atoms with Crippen molar-refractivity contribution < 1.29 is 10.0 Å². The van der Waals surface area contributed by atoms with E-state index < -0.39 is 11.0 Å². The Bertz CT molecular complexity index is 464. The zero-order valence-electron chi connectivity index (χ0n) is 12.4. The summed E-state index contributed by atoms with van der Waals surface area (Å²) in [4.78, 5) is 12.5. The second-order valence-electron chi connectivity index (χ2n) is 5.79. The van der Waals surface area contributed by atoms with Gasteiger partial charge in [-0.05, 0) is 56.6 Å². The Hall–Kier alpha value is -1.50. The van der Waals surface area contributed by atoms with E-state index in [1.165, 1.54) is 31.5 Å². The van der Waals surface area contributed by atoms with Crippen LogP contribution >= 0.6 is 0 Å². The molecule has 0 amide bonds. The molecule has 1 heterocycles. The van der Waals surface area contributed by atoms with Gasteiger partial charge in [0.15, 0.2) is 0 Å². The van der Waals surface area contributed by atoms with Crippen LogP contribution in [0.25, 0.3) is 0 Å². The van der Waals surface area contributed by atoms with Crippen molar-refractivity contribution in [2.45, 2.75) is 18.9 Å². The van der Waals surface area contributed by atoms with E-state index in [4.69, 9.17) is 0 Å². The highest BCUT2D eigenvalue weighted by Crippen LogP contribution is 2.18. The first-order valence-electron chi connectivity index (χ1n) is 7.38. The molecule has 2 unspecified atom stereocenters. The monoisotopic (exact) mass is 293 g/mol. The van der Waals surface area contributed by atoms with Gasteiger partial charge in [0.05, 0.1) is 11.0 Å². The smallest absolute Gasteiger partial charge is 0.269 e. The molecule has 0 saturated carbocycles. The van der Waals surface area contributed by atoms with Gasteiger partial charge in [-0.1, -0.05) is 0 Å². The van der Waals surface area contributed by atoms with Crippen LogP contribution in [0.2, 0.25) is 0 Å². The van der Waals surface area contributed by atoms with Gasteiger partial charge in [-0.2, -0.15) is 0 Å². The van der Waals surface area contributed by atoms with Crippen molar-refractivity contribution >= 4 is 5.69 Å². The highest BCUT2D eigenvalue weighted by Gasteiger charge is 2.17. The summed E-state index contributed by atoms with van der Waals surface area (Å²) in [5.74, 6) is 0.632. The summed E-state index contributed by atoms with van der Waals surface area (Å²) in [7, 11) is 2.14. The quantitative estimate of drug-likeness (QED) is 0.615. The molecular weight excluding hydrogens is 270 g/mol. The molecule has 1 aromatic carbocycles. The number of piperidine rings is 1. The number of likely N-dealkylation sites (tertiary alicyclic amines) is 1. The Morgan fingerprint density at radius 3 is 2.81 bits per heavy atom. The number of nitrogens with one attached hydrogen (secondary N) is 1. The van der Waals surface area contributed by atoms with Gasteiger partial charge < -0.3 is 15.3 Å². The van der Waals surface area contributed by atoms with Gasteiger partial charge in [0, 0.05) is 25.2 Å². The highest BCUT2D eigenvalue weighted by atomic mass is 16.6. The number of nitro benzene ring substituents is 1. The fourth-order valence-corrected chi connectivity index (χ4v) is 2.80. The van der Waals surface area contributed by atoms with Crippen LogP contribution in [0.5, 0.6) is 0 Å². The molecule has 0 spiro atoms. The fourth-order valence-electron chi connectivity index (χ4n) is 2.80. The number of benzene rings is 1. The van der Waals surface area contributed by atoms with Crippen molar-refractivity contribution in [2.75, 3.05) is 33.2 Å². The zero-order valence-corrected chi connectivity index (χ0v) is 12.4. The lowest BCUT2D eigenvalue weighted by molar-refractivity contribution is -0.384. The maximum Gasteiger partial charge on any atom is 0.269 e. The van der Waals surface area contributed by atoms with Crippen LogP contribution in [-0.4, -0.2) is 48.2 Å². The normalized spacial score (nSPS) is 21.1. The summed E-state index contributed by atoms with van der Waals surface area (Å²) >= 11 is 0. The molecule has 0 bridgehead atoms. The minimum atomic E-state index is -0.632. The maximum atomic E-state index is 10.6. The van der Waals surface area contributed by atoms with Gasteiger partial charge in [0.1, 0.15) is 0 Å². The molecule has 1 saturated heterocycles. The van der Waals surface area contributed by atoms with Crippen molar-refractivity contribution in [3.8, 4) is 0 Å². The number of rotatable bonds is 6. The second-order valence-corrected chi connectivity index (χ2v) is 5.79. The number of nitrogens with zero attached hydrogens (tertiary/aromatic N) is 2. The molecule has 1 aliphatic rings. The van der Waals surface area contributed by atoms with E-state index in [0.717, 1.165) is 13.1 Å². The van der Waals surface area contributed by atoms with Crippen LogP contribution in [-0.2, 0) is 0 Å². The van der Waals surface area contributed by atoms with E-state index in [0.29, 0.717) is 18.0 Å². The number of non-ortho nitro benzene ring substituents is 1. The van der Waals surface area contributed by atoms with Gasteiger partial charge in [0.2, 0.25) is 0 Å². The van der Waals surface area contributed by atoms with Crippen molar-refractivity contribution in [1.29, 1.82) is 0 Å². The average molecular weight is 293 g/mol. The molecule has 2 atom stereocenters. The largest absolute Gasteiger partial charge is 0.387 e.